The van der Waals surface area contributed by atoms with Crippen LogP contribution in [0.4, 0.5) is 10.2 Å². The number of morpholine rings is 1. The maximum Gasteiger partial charge on any atom is 0.270 e. The predicted molar refractivity (Wildman–Crippen MR) is 111 cm³/mol. The van der Waals surface area contributed by atoms with Gasteiger partial charge in [-0.15, -0.1) is 0 Å². The van der Waals surface area contributed by atoms with Crippen molar-refractivity contribution >= 4 is 11.7 Å². The summed E-state index contributed by atoms with van der Waals surface area (Å²) in [6, 6.07) is 8.79. The van der Waals surface area contributed by atoms with Crippen LogP contribution in [0.3, 0.4) is 0 Å². The van der Waals surface area contributed by atoms with Gasteiger partial charge in [-0.05, 0) is 24.3 Å². The number of nitrogens with zero attached hydrogens (tertiary/aromatic N) is 5. The van der Waals surface area contributed by atoms with Crippen molar-refractivity contribution < 1.29 is 13.9 Å². The molecule has 10 heteroatoms. The Hall–Kier alpha value is -3.66. The van der Waals surface area contributed by atoms with Gasteiger partial charge in [0.25, 0.3) is 11.5 Å². The van der Waals surface area contributed by atoms with Gasteiger partial charge >= 0.3 is 0 Å². The maximum absolute atomic E-state index is 13.1. The van der Waals surface area contributed by atoms with E-state index >= 15 is 0 Å². The van der Waals surface area contributed by atoms with Crippen LogP contribution in [0.2, 0.25) is 0 Å². The molecule has 1 N–H and O–H groups in total. The van der Waals surface area contributed by atoms with Gasteiger partial charge in [0.1, 0.15) is 23.7 Å². The van der Waals surface area contributed by atoms with Gasteiger partial charge in [-0.1, -0.05) is 0 Å². The lowest BCUT2D eigenvalue weighted by molar-refractivity contribution is 0.0947. The fraction of sp³-hybridized carbons (Fsp3) is 0.286. The molecule has 3 heterocycles. The average Bonchev–Trinajstić information content (AvgIpc) is 2.81. The lowest BCUT2D eigenvalue weighted by Crippen LogP contribution is -2.37. The number of hydrogen-bond acceptors (Lipinski definition) is 7. The first kappa shape index (κ1) is 20.6. The van der Waals surface area contributed by atoms with Crippen molar-refractivity contribution in [3.63, 3.8) is 0 Å². The number of amides is 1. The molecule has 0 unspecified atom stereocenters. The Labute approximate surface area is 177 Å². The Kier molecular flexibility index (Phi) is 6.27. The van der Waals surface area contributed by atoms with Crippen LogP contribution in [0.5, 0.6) is 0 Å². The van der Waals surface area contributed by atoms with E-state index in [-0.39, 0.29) is 36.1 Å². The van der Waals surface area contributed by atoms with Crippen LogP contribution in [0.25, 0.3) is 11.3 Å². The normalized spacial score (nSPS) is 13.8. The van der Waals surface area contributed by atoms with E-state index in [1.807, 2.05) is 4.90 Å². The molecule has 2 aromatic heterocycles. The van der Waals surface area contributed by atoms with Gasteiger partial charge in [-0.3, -0.25) is 14.2 Å². The largest absolute Gasteiger partial charge is 0.378 e. The Morgan fingerprint density at radius 1 is 1.10 bits per heavy atom. The minimum absolute atomic E-state index is 0.229. The Morgan fingerprint density at radius 3 is 2.61 bits per heavy atom. The lowest BCUT2D eigenvalue weighted by atomic mass is 10.1. The summed E-state index contributed by atoms with van der Waals surface area (Å²) in [5, 5.41) is 2.76. The van der Waals surface area contributed by atoms with Crippen LogP contribution in [0.1, 0.15) is 10.5 Å². The molecule has 3 aromatic rings. The van der Waals surface area contributed by atoms with E-state index in [4.69, 9.17) is 4.74 Å². The molecule has 1 amide bonds. The molecule has 160 valence electrons. The molecule has 9 nitrogen and oxygen atoms in total. The van der Waals surface area contributed by atoms with Crippen LogP contribution in [0.15, 0.2) is 53.8 Å². The van der Waals surface area contributed by atoms with Gasteiger partial charge in [-0.2, -0.15) is 0 Å². The third kappa shape index (κ3) is 5.10. The van der Waals surface area contributed by atoms with Crippen molar-refractivity contribution in [1.29, 1.82) is 0 Å². The summed E-state index contributed by atoms with van der Waals surface area (Å²) in [4.78, 5) is 39.3. The van der Waals surface area contributed by atoms with Gasteiger partial charge in [0.2, 0.25) is 0 Å². The predicted octanol–water partition coefficient (Wildman–Crippen LogP) is 1.11. The minimum atomic E-state index is -0.353. The molecule has 1 saturated heterocycles. The number of anilines is 1. The summed E-state index contributed by atoms with van der Waals surface area (Å²) in [6.07, 6.45) is 2.77. The second-order valence-corrected chi connectivity index (χ2v) is 6.93. The van der Waals surface area contributed by atoms with E-state index in [0.717, 1.165) is 0 Å². The molecule has 0 atom stereocenters. The van der Waals surface area contributed by atoms with E-state index in [1.165, 1.54) is 35.4 Å². The highest BCUT2D eigenvalue weighted by molar-refractivity contribution is 5.92. The molecular weight excluding hydrogens is 403 g/mol. The molecule has 1 aliphatic heterocycles. The van der Waals surface area contributed by atoms with E-state index in [9.17, 15) is 14.0 Å². The average molecular weight is 424 g/mol. The van der Waals surface area contributed by atoms with Crippen LogP contribution in [-0.4, -0.2) is 58.3 Å². The van der Waals surface area contributed by atoms with Crippen molar-refractivity contribution in [3.8, 4) is 11.3 Å². The highest BCUT2D eigenvalue weighted by atomic mass is 19.1. The summed E-state index contributed by atoms with van der Waals surface area (Å²) in [7, 11) is 0. The molecule has 1 aliphatic rings. The van der Waals surface area contributed by atoms with Gasteiger partial charge in [0.15, 0.2) is 0 Å². The van der Waals surface area contributed by atoms with Gasteiger partial charge in [0.05, 0.1) is 25.2 Å². The third-order valence-corrected chi connectivity index (χ3v) is 4.88. The second-order valence-electron chi connectivity index (χ2n) is 6.93. The number of aromatic nitrogens is 4. The molecule has 0 aliphatic carbocycles. The molecule has 0 radical (unpaired) electrons. The molecular formula is C21H21FN6O3. The zero-order valence-electron chi connectivity index (χ0n) is 16.7. The number of halogens is 1. The highest BCUT2D eigenvalue weighted by Gasteiger charge is 2.15. The monoisotopic (exact) mass is 424 g/mol. The summed E-state index contributed by atoms with van der Waals surface area (Å²) in [6.45, 7) is 3.14. The summed E-state index contributed by atoms with van der Waals surface area (Å²) < 4.78 is 19.8. The molecule has 0 saturated carbocycles. The van der Waals surface area contributed by atoms with Gasteiger partial charge in [0, 0.05) is 43.9 Å². The smallest absolute Gasteiger partial charge is 0.270 e. The topological polar surface area (TPSA) is 102 Å². The second kappa shape index (κ2) is 9.43. The number of hydrogen-bond donors (Lipinski definition) is 1. The number of nitrogens with one attached hydrogen (secondary N) is 1. The first-order chi connectivity index (χ1) is 15.1. The summed E-state index contributed by atoms with van der Waals surface area (Å²) in [5.41, 5.74) is 1.11. The number of benzene rings is 1. The zero-order chi connectivity index (χ0) is 21.6. The fourth-order valence-electron chi connectivity index (χ4n) is 3.19. The Bertz CT molecular complexity index is 1110. The number of rotatable bonds is 6. The highest BCUT2D eigenvalue weighted by Crippen LogP contribution is 2.15. The standard InChI is InChI=1S/C21H21FN6O3/c22-16-3-1-15(2-4-16)17-12-20(29)28(14-26-17)6-5-23-21(30)18-11-19(25-13-24-18)27-7-9-31-10-8-27/h1-4,11-14H,5-10H2,(H,23,30). The van der Waals surface area contributed by atoms with Crippen LogP contribution >= 0.6 is 0 Å². The molecule has 4 rings (SSSR count). The Morgan fingerprint density at radius 2 is 1.87 bits per heavy atom. The van der Waals surface area contributed by atoms with Crippen molar-refractivity contribution in [1.82, 2.24) is 24.8 Å². The van der Waals surface area contributed by atoms with Crippen molar-refractivity contribution in [3.05, 3.63) is 70.9 Å². The lowest BCUT2D eigenvalue weighted by Gasteiger charge is -2.27. The van der Waals surface area contributed by atoms with E-state index in [2.05, 4.69) is 20.3 Å². The van der Waals surface area contributed by atoms with Gasteiger partial charge < -0.3 is 15.0 Å². The van der Waals surface area contributed by atoms with E-state index < -0.39 is 0 Å². The molecule has 1 fully saturated rings. The molecule has 0 spiro atoms. The fourth-order valence-corrected chi connectivity index (χ4v) is 3.19. The molecule has 31 heavy (non-hydrogen) atoms. The van der Waals surface area contributed by atoms with Crippen molar-refractivity contribution in [2.45, 2.75) is 6.54 Å². The van der Waals surface area contributed by atoms with Crippen LogP contribution in [-0.2, 0) is 11.3 Å². The van der Waals surface area contributed by atoms with Crippen molar-refractivity contribution in [2.75, 3.05) is 37.7 Å². The minimum Gasteiger partial charge on any atom is -0.378 e. The van der Waals surface area contributed by atoms with Crippen LogP contribution < -0.4 is 15.8 Å². The van der Waals surface area contributed by atoms with Gasteiger partial charge in [-0.25, -0.2) is 19.3 Å². The van der Waals surface area contributed by atoms with Crippen LogP contribution in [0, 0.1) is 5.82 Å². The SMILES string of the molecule is O=C(NCCn1cnc(-c2ccc(F)cc2)cc1=O)c1cc(N2CCOCC2)ncn1. The number of carbonyl (C=O) groups excluding carboxylic acids is 1. The van der Waals surface area contributed by atoms with Crippen molar-refractivity contribution in [2.24, 2.45) is 0 Å². The number of ether oxygens (including phenoxy) is 1. The van der Waals surface area contributed by atoms with E-state index in [1.54, 1.807) is 18.2 Å². The third-order valence-electron chi connectivity index (χ3n) is 4.88. The maximum atomic E-state index is 13.1. The molecule has 1 aromatic carbocycles. The molecule has 0 bridgehead atoms. The first-order valence-electron chi connectivity index (χ1n) is 9.85. The first-order valence-corrected chi connectivity index (χ1v) is 9.85. The number of carbonyl (C=O) groups is 1. The summed E-state index contributed by atoms with van der Waals surface area (Å²) in [5.74, 6) is -0.0188. The Balaban J connectivity index is 1.35. The summed E-state index contributed by atoms with van der Waals surface area (Å²) >= 11 is 0. The zero-order valence-corrected chi connectivity index (χ0v) is 16.7. The quantitative estimate of drug-likeness (QED) is 0.632. The van der Waals surface area contributed by atoms with E-state index in [0.29, 0.717) is 43.4 Å².